The molecule has 3 rings (SSSR count). The molecule has 4 heteroatoms. The topological polar surface area (TPSA) is 47.7 Å². The molecular formula is C15H22N2O2. The largest absolute Gasteiger partial charge is 0.467 e. The van der Waals surface area contributed by atoms with Crippen molar-refractivity contribution in [3.63, 3.8) is 0 Å². The molecule has 2 aliphatic heterocycles. The number of anilines is 1. The van der Waals surface area contributed by atoms with Gasteiger partial charge in [-0.15, -0.1) is 0 Å². The molecule has 1 aromatic carbocycles. The van der Waals surface area contributed by atoms with Gasteiger partial charge in [-0.3, -0.25) is 4.90 Å². The van der Waals surface area contributed by atoms with Crippen LogP contribution in [0, 0.1) is 5.92 Å². The van der Waals surface area contributed by atoms with Gasteiger partial charge < -0.3 is 15.2 Å². The number of fused-ring (bicyclic) bond motifs is 1. The summed E-state index contributed by atoms with van der Waals surface area (Å²) in [6.07, 6.45) is 2.57. The van der Waals surface area contributed by atoms with Crippen molar-refractivity contribution in [2.45, 2.75) is 32.9 Å². The molecule has 0 aliphatic carbocycles. The van der Waals surface area contributed by atoms with E-state index < -0.39 is 0 Å². The molecule has 1 fully saturated rings. The lowest BCUT2D eigenvalue weighted by molar-refractivity contribution is -0.0175. The van der Waals surface area contributed by atoms with E-state index in [2.05, 4.69) is 11.8 Å². The minimum absolute atomic E-state index is 0.348. The Bertz CT molecular complexity index is 454. The van der Waals surface area contributed by atoms with Gasteiger partial charge in [-0.1, -0.05) is 6.92 Å². The lowest BCUT2D eigenvalue weighted by Gasteiger charge is -2.31. The van der Waals surface area contributed by atoms with Crippen LogP contribution < -0.4 is 10.5 Å². The van der Waals surface area contributed by atoms with Gasteiger partial charge in [0.2, 0.25) is 0 Å². The fourth-order valence-electron chi connectivity index (χ4n) is 2.90. The summed E-state index contributed by atoms with van der Waals surface area (Å²) in [5.41, 5.74) is 9.06. The number of hydrogen-bond donors (Lipinski definition) is 1. The summed E-state index contributed by atoms with van der Waals surface area (Å²) in [7, 11) is 0. The van der Waals surface area contributed by atoms with Gasteiger partial charge >= 0.3 is 0 Å². The molecule has 0 aromatic heterocycles. The van der Waals surface area contributed by atoms with Gasteiger partial charge in [0.1, 0.15) is 5.75 Å². The van der Waals surface area contributed by atoms with Gasteiger partial charge in [0, 0.05) is 23.4 Å². The average Bonchev–Trinajstić information content (AvgIpc) is 2.41. The fraction of sp³-hybridized carbons (Fsp3) is 0.600. The first-order chi connectivity index (χ1) is 9.22. The predicted octanol–water partition coefficient (Wildman–Crippen LogP) is 2.37. The van der Waals surface area contributed by atoms with E-state index in [-0.39, 0.29) is 0 Å². The molecule has 1 aromatic rings. The van der Waals surface area contributed by atoms with E-state index in [0.717, 1.165) is 29.5 Å². The SMILES string of the molecule is CC1CCN(Cc2cc(N)cc3c2OCOC3)CC1. The van der Waals surface area contributed by atoms with Crippen molar-refractivity contribution >= 4 is 5.69 Å². The third kappa shape index (κ3) is 2.85. The molecule has 0 unspecified atom stereocenters. The zero-order valence-electron chi connectivity index (χ0n) is 11.5. The lowest BCUT2D eigenvalue weighted by atomic mass is 9.98. The van der Waals surface area contributed by atoms with Crippen LogP contribution in [0.5, 0.6) is 5.75 Å². The van der Waals surface area contributed by atoms with Gasteiger partial charge in [0.05, 0.1) is 6.61 Å². The Kier molecular flexibility index (Phi) is 3.62. The van der Waals surface area contributed by atoms with E-state index in [0.29, 0.717) is 13.4 Å². The van der Waals surface area contributed by atoms with Crippen LogP contribution in [0.2, 0.25) is 0 Å². The Morgan fingerprint density at radius 3 is 2.89 bits per heavy atom. The summed E-state index contributed by atoms with van der Waals surface area (Å²) in [4.78, 5) is 2.49. The van der Waals surface area contributed by atoms with Crippen LogP contribution in [0.15, 0.2) is 12.1 Å². The highest BCUT2D eigenvalue weighted by molar-refractivity contribution is 5.53. The average molecular weight is 262 g/mol. The first-order valence-electron chi connectivity index (χ1n) is 7.06. The van der Waals surface area contributed by atoms with E-state index in [1.807, 2.05) is 12.1 Å². The van der Waals surface area contributed by atoms with Crippen LogP contribution in [0.3, 0.4) is 0 Å². The maximum atomic E-state index is 5.98. The summed E-state index contributed by atoms with van der Waals surface area (Å²) in [6, 6.07) is 4.00. The molecule has 0 bridgehead atoms. The Morgan fingerprint density at radius 2 is 2.11 bits per heavy atom. The Balaban J connectivity index is 1.78. The van der Waals surface area contributed by atoms with E-state index in [1.54, 1.807) is 0 Å². The van der Waals surface area contributed by atoms with Crippen LogP contribution in [0.25, 0.3) is 0 Å². The Hall–Kier alpha value is -1.26. The van der Waals surface area contributed by atoms with Crippen LogP contribution >= 0.6 is 0 Å². The Morgan fingerprint density at radius 1 is 1.32 bits per heavy atom. The van der Waals surface area contributed by atoms with E-state index in [9.17, 15) is 0 Å². The number of rotatable bonds is 2. The standard InChI is InChI=1S/C15H22N2O2/c1-11-2-4-17(5-3-11)8-12-6-14(16)7-13-9-18-10-19-15(12)13/h6-7,11H,2-5,8-10,16H2,1H3. The van der Waals surface area contributed by atoms with Gasteiger partial charge in [0.25, 0.3) is 0 Å². The maximum absolute atomic E-state index is 5.98. The molecule has 19 heavy (non-hydrogen) atoms. The fourth-order valence-corrected chi connectivity index (χ4v) is 2.90. The first kappa shape index (κ1) is 12.8. The van der Waals surface area contributed by atoms with Gasteiger partial charge in [0.15, 0.2) is 6.79 Å². The van der Waals surface area contributed by atoms with Crippen LogP contribution in [0.4, 0.5) is 5.69 Å². The van der Waals surface area contributed by atoms with E-state index in [1.165, 1.54) is 31.5 Å². The van der Waals surface area contributed by atoms with Crippen molar-refractivity contribution in [1.29, 1.82) is 0 Å². The summed E-state index contributed by atoms with van der Waals surface area (Å²) < 4.78 is 11.0. The number of benzene rings is 1. The number of ether oxygens (including phenoxy) is 2. The molecule has 4 nitrogen and oxygen atoms in total. The molecule has 0 atom stereocenters. The molecular weight excluding hydrogens is 240 g/mol. The second kappa shape index (κ2) is 5.39. The van der Waals surface area contributed by atoms with Crippen molar-refractivity contribution in [1.82, 2.24) is 4.90 Å². The van der Waals surface area contributed by atoms with Crippen molar-refractivity contribution in [2.24, 2.45) is 5.92 Å². The van der Waals surface area contributed by atoms with Gasteiger partial charge in [-0.25, -0.2) is 0 Å². The van der Waals surface area contributed by atoms with E-state index >= 15 is 0 Å². The Labute approximate surface area is 114 Å². The lowest BCUT2D eigenvalue weighted by Crippen LogP contribution is -2.32. The number of nitrogens with zero attached hydrogens (tertiary/aromatic N) is 1. The maximum Gasteiger partial charge on any atom is 0.189 e. The molecule has 0 radical (unpaired) electrons. The smallest absolute Gasteiger partial charge is 0.189 e. The molecule has 1 saturated heterocycles. The van der Waals surface area contributed by atoms with Crippen molar-refractivity contribution in [3.8, 4) is 5.75 Å². The second-order valence-corrected chi connectivity index (χ2v) is 5.74. The number of nitrogens with two attached hydrogens (primary N) is 1. The molecule has 2 aliphatic rings. The summed E-state index contributed by atoms with van der Waals surface area (Å²) in [6.45, 7) is 6.55. The monoisotopic (exact) mass is 262 g/mol. The highest BCUT2D eigenvalue weighted by Gasteiger charge is 2.20. The van der Waals surface area contributed by atoms with Gasteiger partial charge in [-0.05, 0) is 44.0 Å². The normalized spacial score (nSPS) is 20.9. The minimum Gasteiger partial charge on any atom is -0.467 e. The number of hydrogen-bond acceptors (Lipinski definition) is 4. The minimum atomic E-state index is 0.348. The van der Waals surface area contributed by atoms with Crippen LogP contribution in [0.1, 0.15) is 30.9 Å². The zero-order valence-corrected chi connectivity index (χ0v) is 11.5. The molecule has 104 valence electrons. The second-order valence-electron chi connectivity index (χ2n) is 5.74. The predicted molar refractivity (Wildman–Crippen MR) is 74.8 cm³/mol. The third-order valence-electron chi connectivity index (χ3n) is 4.08. The summed E-state index contributed by atoms with van der Waals surface area (Å²) in [5.74, 6) is 1.84. The number of nitrogen functional groups attached to an aromatic ring is 1. The van der Waals surface area contributed by atoms with Crippen molar-refractivity contribution in [2.75, 3.05) is 25.6 Å². The molecule has 2 heterocycles. The molecule has 0 saturated carbocycles. The first-order valence-corrected chi connectivity index (χ1v) is 7.06. The summed E-state index contributed by atoms with van der Waals surface area (Å²) >= 11 is 0. The van der Waals surface area contributed by atoms with Gasteiger partial charge in [-0.2, -0.15) is 0 Å². The van der Waals surface area contributed by atoms with E-state index in [4.69, 9.17) is 15.2 Å². The van der Waals surface area contributed by atoms with Crippen LogP contribution in [-0.4, -0.2) is 24.8 Å². The van der Waals surface area contributed by atoms with Crippen molar-refractivity contribution in [3.05, 3.63) is 23.3 Å². The number of piperidine rings is 1. The highest BCUT2D eigenvalue weighted by Crippen LogP contribution is 2.32. The quantitative estimate of drug-likeness (QED) is 0.831. The highest BCUT2D eigenvalue weighted by atomic mass is 16.7. The summed E-state index contributed by atoms with van der Waals surface area (Å²) in [5, 5.41) is 0. The van der Waals surface area contributed by atoms with Crippen LogP contribution in [-0.2, 0) is 17.9 Å². The molecule has 0 amide bonds. The van der Waals surface area contributed by atoms with Crippen molar-refractivity contribution < 1.29 is 9.47 Å². The number of likely N-dealkylation sites (tertiary alicyclic amines) is 1. The zero-order chi connectivity index (χ0) is 13.2. The molecule has 0 spiro atoms. The molecule has 2 N–H and O–H groups in total. The third-order valence-corrected chi connectivity index (χ3v) is 4.08.